The quantitative estimate of drug-likeness (QED) is 0.910. The normalized spacial score (nSPS) is 31.2. The lowest BCUT2D eigenvalue weighted by Gasteiger charge is -2.20. The predicted molar refractivity (Wildman–Crippen MR) is 81.9 cm³/mol. The van der Waals surface area contributed by atoms with Crippen LogP contribution in [0.2, 0.25) is 0 Å². The lowest BCUT2D eigenvalue weighted by atomic mass is 9.90. The van der Waals surface area contributed by atoms with Gasteiger partial charge in [-0.25, -0.2) is 0 Å². The van der Waals surface area contributed by atoms with E-state index in [-0.39, 0.29) is 11.8 Å². The Labute approximate surface area is 132 Å². The Balaban J connectivity index is 1.64. The second-order valence-electron chi connectivity index (χ2n) is 6.38. The molecule has 0 spiro atoms. The highest BCUT2D eigenvalue weighted by atomic mass is 79.9. The molecule has 0 aromatic heterocycles. The Morgan fingerprint density at radius 3 is 2.57 bits per heavy atom. The van der Waals surface area contributed by atoms with Crippen molar-refractivity contribution >= 4 is 27.8 Å². The number of carboxylic acid groups (broad SMARTS) is 1. The maximum Gasteiger partial charge on any atom is 0.311 e. The van der Waals surface area contributed by atoms with Crippen LogP contribution in [0.1, 0.15) is 31.2 Å². The molecule has 112 valence electrons. The molecule has 3 rings (SSSR count). The molecule has 1 saturated heterocycles. The standard InChI is InChI=1S/C16H18BrNO3/c1-16(15(20)21)6-7-18(9-16)14(19)13-8-12(13)10-2-4-11(17)5-3-10/h2-5,12-13H,6-9H2,1H3,(H,20,21)/t12-,13-,16-/m0/s1. The van der Waals surface area contributed by atoms with Crippen molar-refractivity contribution in [3.63, 3.8) is 0 Å². The summed E-state index contributed by atoms with van der Waals surface area (Å²) >= 11 is 3.41. The number of carbonyl (C=O) groups is 2. The maximum atomic E-state index is 12.5. The molecule has 1 heterocycles. The number of nitrogens with zero attached hydrogens (tertiary/aromatic N) is 1. The van der Waals surface area contributed by atoms with Crippen LogP contribution in [0.3, 0.4) is 0 Å². The van der Waals surface area contributed by atoms with Crippen LogP contribution >= 0.6 is 15.9 Å². The molecule has 4 nitrogen and oxygen atoms in total. The van der Waals surface area contributed by atoms with Crippen molar-refractivity contribution < 1.29 is 14.7 Å². The highest BCUT2D eigenvalue weighted by Crippen LogP contribution is 2.49. The average molecular weight is 352 g/mol. The number of amides is 1. The van der Waals surface area contributed by atoms with E-state index in [2.05, 4.69) is 15.9 Å². The predicted octanol–water partition coefficient (Wildman–Crippen LogP) is 2.88. The maximum absolute atomic E-state index is 12.5. The van der Waals surface area contributed by atoms with Gasteiger partial charge in [0.05, 0.1) is 5.41 Å². The van der Waals surface area contributed by atoms with Gasteiger partial charge >= 0.3 is 5.97 Å². The summed E-state index contributed by atoms with van der Waals surface area (Å²) in [5.74, 6) is -0.365. The third kappa shape index (κ3) is 2.71. The summed E-state index contributed by atoms with van der Waals surface area (Å²) in [5, 5.41) is 9.24. The third-order valence-corrected chi connectivity index (χ3v) is 5.24. The van der Waals surface area contributed by atoms with Crippen LogP contribution < -0.4 is 0 Å². The molecule has 1 aliphatic heterocycles. The lowest BCUT2D eigenvalue weighted by molar-refractivity contribution is -0.147. The number of likely N-dealkylation sites (tertiary alicyclic amines) is 1. The van der Waals surface area contributed by atoms with Gasteiger partial charge in [-0.2, -0.15) is 0 Å². The molecule has 1 saturated carbocycles. The van der Waals surface area contributed by atoms with Crippen LogP contribution in [0.4, 0.5) is 0 Å². The first kappa shape index (κ1) is 14.6. The lowest BCUT2D eigenvalue weighted by Crippen LogP contribution is -2.35. The molecule has 1 aliphatic carbocycles. The Bertz CT molecular complexity index is 586. The molecule has 3 atom stereocenters. The Hall–Kier alpha value is -1.36. The molecule has 5 heteroatoms. The zero-order valence-electron chi connectivity index (χ0n) is 11.9. The van der Waals surface area contributed by atoms with E-state index in [1.807, 2.05) is 24.3 Å². The first-order valence-electron chi connectivity index (χ1n) is 7.18. The van der Waals surface area contributed by atoms with Gasteiger partial charge in [-0.05, 0) is 43.4 Å². The second kappa shape index (κ2) is 5.13. The first-order chi connectivity index (χ1) is 9.90. The van der Waals surface area contributed by atoms with Gasteiger partial charge in [-0.3, -0.25) is 9.59 Å². The summed E-state index contributed by atoms with van der Waals surface area (Å²) in [5.41, 5.74) is 0.411. The smallest absolute Gasteiger partial charge is 0.311 e. The molecule has 0 unspecified atom stereocenters. The largest absolute Gasteiger partial charge is 0.481 e. The summed E-state index contributed by atoms with van der Waals surface area (Å²) in [7, 11) is 0. The SMILES string of the molecule is C[C@]1(C(=O)O)CCN(C(=O)[C@H]2C[C@H]2c2ccc(Br)cc2)C1. The minimum atomic E-state index is -0.807. The van der Waals surface area contributed by atoms with E-state index in [9.17, 15) is 14.7 Å². The van der Waals surface area contributed by atoms with Gasteiger partial charge in [0.15, 0.2) is 0 Å². The van der Waals surface area contributed by atoms with Crippen molar-refractivity contribution in [1.29, 1.82) is 0 Å². The van der Waals surface area contributed by atoms with Gasteiger partial charge in [0.2, 0.25) is 5.91 Å². The molecule has 1 amide bonds. The minimum Gasteiger partial charge on any atom is -0.481 e. The van der Waals surface area contributed by atoms with Crippen molar-refractivity contribution in [2.75, 3.05) is 13.1 Å². The molecule has 0 bridgehead atoms. The van der Waals surface area contributed by atoms with E-state index in [0.29, 0.717) is 25.4 Å². The summed E-state index contributed by atoms with van der Waals surface area (Å²) in [6, 6.07) is 8.08. The average Bonchev–Trinajstić information content (AvgIpc) is 3.14. The van der Waals surface area contributed by atoms with Crippen LogP contribution in [-0.4, -0.2) is 35.0 Å². The van der Waals surface area contributed by atoms with Gasteiger partial charge in [0, 0.05) is 23.5 Å². The number of benzene rings is 1. The van der Waals surface area contributed by atoms with E-state index in [0.717, 1.165) is 10.9 Å². The Morgan fingerprint density at radius 2 is 2.00 bits per heavy atom. The van der Waals surface area contributed by atoms with Crippen LogP contribution in [0, 0.1) is 11.3 Å². The van der Waals surface area contributed by atoms with Gasteiger partial charge in [-0.1, -0.05) is 28.1 Å². The Kier molecular flexibility index (Phi) is 3.56. The fourth-order valence-corrected chi connectivity index (χ4v) is 3.37. The summed E-state index contributed by atoms with van der Waals surface area (Å²) in [4.78, 5) is 25.5. The van der Waals surface area contributed by atoms with Gasteiger partial charge < -0.3 is 10.0 Å². The van der Waals surface area contributed by atoms with Crippen molar-refractivity contribution in [3.8, 4) is 0 Å². The van der Waals surface area contributed by atoms with E-state index < -0.39 is 11.4 Å². The number of rotatable bonds is 3. The summed E-state index contributed by atoms with van der Waals surface area (Å²) < 4.78 is 1.03. The van der Waals surface area contributed by atoms with Crippen LogP contribution in [0.25, 0.3) is 0 Å². The van der Waals surface area contributed by atoms with Crippen LogP contribution in [0.15, 0.2) is 28.7 Å². The van der Waals surface area contributed by atoms with Gasteiger partial charge in [0.1, 0.15) is 0 Å². The first-order valence-corrected chi connectivity index (χ1v) is 7.98. The molecule has 2 fully saturated rings. The van der Waals surface area contributed by atoms with E-state index >= 15 is 0 Å². The summed E-state index contributed by atoms with van der Waals surface area (Å²) in [6.07, 6.45) is 1.42. The molecular weight excluding hydrogens is 334 g/mol. The molecule has 1 N–H and O–H groups in total. The van der Waals surface area contributed by atoms with Crippen molar-refractivity contribution in [2.24, 2.45) is 11.3 Å². The second-order valence-corrected chi connectivity index (χ2v) is 7.29. The van der Waals surface area contributed by atoms with Gasteiger partial charge in [0.25, 0.3) is 0 Å². The number of hydrogen-bond acceptors (Lipinski definition) is 2. The highest BCUT2D eigenvalue weighted by Gasteiger charge is 2.49. The minimum absolute atomic E-state index is 0.0299. The van der Waals surface area contributed by atoms with E-state index in [1.54, 1.807) is 11.8 Å². The molecule has 21 heavy (non-hydrogen) atoms. The van der Waals surface area contributed by atoms with E-state index in [1.165, 1.54) is 5.56 Å². The molecule has 0 radical (unpaired) electrons. The highest BCUT2D eigenvalue weighted by molar-refractivity contribution is 9.10. The van der Waals surface area contributed by atoms with E-state index in [4.69, 9.17) is 0 Å². The number of halogens is 1. The van der Waals surface area contributed by atoms with Crippen LogP contribution in [-0.2, 0) is 9.59 Å². The van der Waals surface area contributed by atoms with Crippen LogP contribution in [0.5, 0.6) is 0 Å². The zero-order chi connectivity index (χ0) is 15.2. The number of carbonyl (C=O) groups excluding carboxylic acids is 1. The fraction of sp³-hybridized carbons (Fsp3) is 0.500. The molecule has 2 aliphatic rings. The monoisotopic (exact) mass is 351 g/mol. The molecule has 1 aromatic rings. The van der Waals surface area contributed by atoms with Gasteiger partial charge in [-0.15, -0.1) is 0 Å². The topological polar surface area (TPSA) is 57.6 Å². The van der Waals surface area contributed by atoms with Crippen molar-refractivity contribution in [3.05, 3.63) is 34.3 Å². The number of aliphatic carboxylic acids is 1. The third-order valence-electron chi connectivity index (χ3n) is 4.71. The molecular formula is C16H18BrNO3. The summed E-state index contributed by atoms with van der Waals surface area (Å²) in [6.45, 7) is 2.62. The Morgan fingerprint density at radius 1 is 1.33 bits per heavy atom. The zero-order valence-corrected chi connectivity index (χ0v) is 13.5. The fourth-order valence-electron chi connectivity index (χ4n) is 3.10. The van der Waals surface area contributed by atoms with Crippen molar-refractivity contribution in [2.45, 2.75) is 25.7 Å². The van der Waals surface area contributed by atoms with Crippen molar-refractivity contribution in [1.82, 2.24) is 4.90 Å². The molecule has 1 aromatic carbocycles. The number of carboxylic acids is 1. The number of hydrogen-bond donors (Lipinski definition) is 1.